The minimum absolute atomic E-state index is 0.320. The van der Waals surface area contributed by atoms with Crippen molar-refractivity contribution >= 4 is 18.0 Å². The van der Waals surface area contributed by atoms with Crippen LogP contribution in [0.3, 0.4) is 0 Å². The van der Waals surface area contributed by atoms with Gasteiger partial charge in [0, 0.05) is 24.2 Å². The van der Waals surface area contributed by atoms with E-state index in [0.717, 1.165) is 0 Å². The van der Waals surface area contributed by atoms with Crippen LogP contribution in [0.2, 0.25) is 0 Å². The monoisotopic (exact) mass is 183 g/mol. The Morgan fingerprint density at radius 3 is 3.00 bits per heavy atom. The van der Waals surface area contributed by atoms with Crippen molar-refractivity contribution in [1.82, 2.24) is 19.2 Å². The molecule has 2 heterocycles. The van der Waals surface area contributed by atoms with Crippen LogP contribution >= 0.6 is 11.8 Å². The third-order valence-electron chi connectivity index (χ3n) is 1.43. The molecule has 1 aliphatic heterocycles. The minimum Gasteiger partial charge on any atom is -0.249 e. The minimum atomic E-state index is -0.320. The van der Waals surface area contributed by atoms with Crippen molar-refractivity contribution in [3.05, 3.63) is 24.9 Å². The lowest BCUT2D eigenvalue weighted by Gasteiger charge is -2.21. The predicted molar refractivity (Wildman–Crippen MR) is 44.4 cm³/mol. The molecule has 0 spiro atoms. The molecule has 0 bridgehead atoms. The van der Waals surface area contributed by atoms with Crippen LogP contribution in [0.4, 0.5) is 0 Å². The van der Waals surface area contributed by atoms with Crippen molar-refractivity contribution in [1.29, 1.82) is 0 Å². The predicted octanol–water partition coefficient (Wildman–Crippen LogP) is 0.788. The summed E-state index contributed by atoms with van der Waals surface area (Å²) in [6.07, 6.45) is 7.82. The van der Waals surface area contributed by atoms with Crippen molar-refractivity contribution in [2.24, 2.45) is 4.99 Å². The van der Waals surface area contributed by atoms with E-state index in [2.05, 4.69) is 15.1 Å². The fourth-order valence-electron chi connectivity index (χ4n) is 0.906. The molecule has 0 aliphatic carbocycles. The first-order valence-corrected chi connectivity index (χ1v) is 3.70. The zero-order chi connectivity index (χ0) is 8.39. The lowest BCUT2D eigenvalue weighted by Crippen LogP contribution is -2.21. The molecule has 2 rings (SSSR count). The van der Waals surface area contributed by atoms with Gasteiger partial charge in [0.25, 0.3) is 0 Å². The fourth-order valence-corrected chi connectivity index (χ4v) is 1.11. The van der Waals surface area contributed by atoms with Gasteiger partial charge in [-0.1, -0.05) is 0 Å². The summed E-state index contributed by atoms with van der Waals surface area (Å²) in [6, 6.07) is 0. The second kappa shape index (κ2) is 2.94. The van der Waals surface area contributed by atoms with Gasteiger partial charge < -0.3 is 0 Å². The van der Waals surface area contributed by atoms with Gasteiger partial charge in [-0.2, -0.15) is 5.10 Å². The second-order valence-electron chi connectivity index (χ2n) is 2.21. The smallest absolute Gasteiger partial charge is 0.232 e. The number of aliphatic imine (C=N–C) groups is 1. The first-order chi connectivity index (χ1) is 5.88. The second-order valence-corrected chi connectivity index (χ2v) is 2.60. The van der Waals surface area contributed by atoms with Gasteiger partial charge in [0.2, 0.25) is 6.29 Å². The van der Waals surface area contributed by atoms with Gasteiger partial charge >= 0.3 is 0 Å². The molecule has 1 aliphatic rings. The van der Waals surface area contributed by atoms with Crippen LogP contribution in [0.15, 0.2) is 29.9 Å². The first-order valence-electron chi connectivity index (χ1n) is 3.36. The zero-order valence-electron chi connectivity index (χ0n) is 6.08. The van der Waals surface area contributed by atoms with Crippen LogP contribution in [0.1, 0.15) is 6.29 Å². The summed E-state index contributed by atoms with van der Waals surface area (Å²) in [5.41, 5.74) is 0. The summed E-state index contributed by atoms with van der Waals surface area (Å²) in [4.78, 5) is 7.90. The third-order valence-corrected chi connectivity index (χ3v) is 1.72. The SMILES string of the molecule is ClN1C=CC=NC1n1cncn1. The van der Waals surface area contributed by atoms with Gasteiger partial charge in [0.05, 0.1) is 0 Å². The molecule has 1 aromatic rings. The first kappa shape index (κ1) is 7.30. The highest BCUT2D eigenvalue weighted by Crippen LogP contribution is 2.17. The van der Waals surface area contributed by atoms with Gasteiger partial charge in [-0.05, 0) is 6.08 Å². The maximum atomic E-state index is 5.82. The summed E-state index contributed by atoms with van der Waals surface area (Å²) in [7, 11) is 0. The number of rotatable bonds is 1. The van der Waals surface area contributed by atoms with Gasteiger partial charge in [-0.3, -0.25) is 0 Å². The molecule has 0 fully saturated rings. The standard InChI is InChI=1S/C6H6ClN5/c7-11-3-1-2-9-6(11)12-5-8-4-10-12/h1-6H. The quantitative estimate of drug-likeness (QED) is 0.605. The van der Waals surface area contributed by atoms with E-state index in [4.69, 9.17) is 11.8 Å². The molecule has 0 radical (unpaired) electrons. The van der Waals surface area contributed by atoms with E-state index >= 15 is 0 Å². The highest BCUT2D eigenvalue weighted by atomic mass is 35.5. The molecule has 6 heteroatoms. The van der Waals surface area contributed by atoms with E-state index in [1.54, 1.807) is 29.5 Å². The summed E-state index contributed by atoms with van der Waals surface area (Å²) in [6.45, 7) is 0. The average molecular weight is 184 g/mol. The number of hydrogen-bond acceptors (Lipinski definition) is 4. The van der Waals surface area contributed by atoms with E-state index < -0.39 is 0 Å². The molecular formula is C6H6ClN5. The number of allylic oxidation sites excluding steroid dienone is 1. The summed E-state index contributed by atoms with van der Waals surface area (Å²) in [5, 5.41) is 3.92. The maximum absolute atomic E-state index is 5.82. The van der Waals surface area contributed by atoms with Gasteiger partial charge in [0.15, 0.2) is 0 Å². The number of halogens is 1. The van der Waals surface area contributed by atoms with Crippen LogP contribution in [0, 0.1) is 0 Å². The van der Waals surface area contributed by atoms with E-state index in [1.165, 1.54) is 10.7 Å². The number of nitrogens with zero attached hydrogens (tertiary/aromatic N) is 5. The normalized spacial score (nSPS) is 21.8. The fraction of sp³-hybridized carbons (Fsp3) is 0.167. The van der Waals surface area contributed by atoms with E-state index in [-0.39, 0.29) is 6.29 Å². The maximum Gasteiger partial charge on any atom is 0.232 e. The Labute approximate surface area is 74.1 Å². The lowest BCUT2D eigenvalue weighted by molar-refractivity contribution is 0.308. The van der Waals surface area contributed by atoms with Crippen LogP contribution in [-0.4, -0.2) is 25.4 Å². The van der Waals surface area contributed by atoms with Crippen molar-refractivity contribution < 1.29 is 0 Å². The Kier molecular flexibility index (Phi) is 1.79. The third kappa shape index (κ3) is 1.18. The van der Waals surface area contributed by atoms with Crippen molar-refractivity contribution in [2.75, 3.05) is 0 Å². The topological polar surface area (TPSA) is 46.3 Å². The molecule has 12 heavy (non-hydrogen) atoms. The molecular weight excluding hydrogens is 178 g/mol. The van der Waals surface area contributed by atoms with Gasteiger partial charge in [-0.15, -0.1) is 0 Å². The Morgan fingerprint density at radius 1 is 1.42 bits per heavy atom. The molecule has 62 valence electrons. The Morgan fingerprint density at radius 2 is 2.33 bits per heavy atom. The summed E-state index contributed by atoms with van der Waals surface area (Å²) >= 11 is 5.82. The zero-order valence-corrected chi connectivity index (χ0v) is 6.83. The number of hydrogen-bond donors (Lipinski definition) is 0. The van der Waals surface area contributed by atoms with Crippen LogP contribution in [0.5, 0.6) is 0 Å². The summed E-state index contributed by atoms with van der Waals surface area (Å²) in [5.74, 6) is 0. The van der Waals surface area contributed by atoms with Crippen LogP contribution in [-0.2, 0) is 0 Å². The molecule has 1 aromatic heterocycles. The molecule has 1 unspecified atom stereocenters. The highest BCUT2D eigenvalue weighted by molar-refractivity contribution is 6.14. The molecule has 1 atom stereocenters. The summed E-state index contributed by atoms with van der Waals surface area (Å²) < 4.78 is 2.99. The molecule has 0 N–H and O–H groups in total. The Bertz CT molecular complexity index is 304. The van der Waals surface area contributed by atoms with Crippen LogP contribution < -0.4 is 0 Å². The Hall–Kier alpha value is -1.36. The van der Waals surface area contributed by atoms with E-state index in [9.17, 15) is 0 Å². The van der Waals surface area contributed by atoms with Crippen molar-refractivity contribution in [2.45, 2.75) is 6.29 Å². The molecule has 5 nitrogen and oxygen atoms in total. The lowest BCUT2D eigenvalue weighted by atomic mass is 10.6. The van der Waals surface area contributed by atoms with Crippen molar-refractivity contribution in [3.8, 4) is 0 Å². The van der Waals surface area contributed by atoms with Crippen molar-refractivity contribution in [3.63, 3.8) is 0 Å². The largest absolute Gasteiger partial charge is 0.249 e. The van der Waals surface area contributed by atoms with Gasteiger partial charge in [0.1, 0.15) is 12.7 Å². The number of aromatic nitrogens is 3. The van der Waals surface area contributed by atoms with Gasteiger partial charge in [-0.25, -0.2) is 19.1 Å². The average Bonchev–Trinajstić information content (AvgIpc) is 2.57. The van der Waals surface area contributed by atoms with Crippen LogP contribution in [0.25, 0.3) is 0 Å². The molecule has 0 amide bonds. The molecule has 0 saturated heterocycles. The Balaban J connectivity index is 2.25. The highest BCUT2D eigenvalue weighted by Gasteiger charge is 2.15. The molecule has 0 aromatic carbocycles. The van der Waals surface area contributed by atoms with E-state index in [1.807, 2.05) is 0 Å². The van der Waals surface area contributed by atoms with E-state index in [0.29, 0.717) is 0 Å². The molecule has 0 saturated carbocycles.